The van der Waals surface area contributed by atoms with E-state index in [4.69, 9.17) is 16.3 Å². The summed E-state index contributed by atoms with van der Waals surface area (Å²) in [6, 6.07) is 0. The zero-order chi connectivity index (χ0) is 8.10. The van der Waals surface area contributed by atoms with Crippen LogP contribution < -0.4 is 0 Å². The molecule has 0 spiro atoms. The average molecular weight is 175 g/mol. The highest BCUT2D eigenvalue weighted by atomic mass is 35.5. The molecule has 1 saturated carbocycles. The molecule has 0 bridgehead atoms. The SMILES string of the molecule is O=C(C=CC1CC1)OCCCl. The molecule has 0 aromatic carbocycles. The molecule has 2 nitrogen and oxygen atoms in total. The molecule has 0 N–H and O–H groups in total. The molecular weight excluding hydrogens is 164 g/mol. The molecule has 0 heterocycles. The Morgan fingerprint density at radius 1 is 1.64 bits per heavy atom. The topological polar surface area (TPSA) is 26.3 Å². The Bertz CT molecular complexity index is 161. The molecule has 1 rings (SSSR count). The van der Waals surface area contributed by atoms with Gasteiger partial charge in [-0.3, -0.25) is 0 Å². The Labute approximate surface area is 71.2 Å². The van der Waals surface area contributed by atoms with Crippen LogP contribution in [0.4, 0.5) is 0 Å². The summed E-state index contributed by atoms with van der Waals surface area (Å²) in [5, 5.41) is 0. The van der Waals surface area contributed by atoms with E-state index < -0.39 is 0 Å². The van der Waals surface area contributed by atoms with Gasteiger partial charge in [-0.1, -0.05) is 6.08 Å². The largest absolute Gasteiger partial charge is 0.461 e. The fraction of sp³-hybridized carbons (Fsp3) is 0.625. The van der Waals surface area contributed by atoms with Crippen LogP contribution in [0.1, 0.15) is 12.8 Å². The third-order valence-electron chi connectivity index (χ3n) is 1.45. The molecule has 0 saturated heterocycles. The van der Waals surface area contributed by atoms with Crippen molar-refractivity contribution in [3.05, 3.63) is 12.2 Å². The first-order valence-corrected chi connectivity index (χ1v) is 4.27. The molecule has 0 amide bonds. The van der Waals surface area contributed by atoms with Gasteiger partial charge < -0.3 is 4.74 Å². The molecule has 62 valence electrons. The van der Waals surface area contributed by atoms with Gasteiger partial charge in [0.2, 0.25) is 0 Å². The maximum absolute atomic E-state index is 10.8. The van der Waals surface area contributed by atoms with Crippen molar-refractivity contribution in [2.24, 2.45) is 5.92 Å². The number of ether oxygens (including phenoxy) is 1. The second-order valence-corrected chi connectivity index (χ2v) is 2.93. The van der Waals surface area contributed by atoms with Gasteiger partial charge in [-0.2, -0.15) is 0 Å². The van der Waals surface area contributed by atoms with Crippen LogP contribution in [0.2, 0.25) is 0 Å². The predicted octanol–water partition coefficient (Wildman–Crippen LogP) is 1.73. The highest BCUT2D eigenvalue weighted by Gasteiger charge is 2.17. The number of rotatable bonds is 4. The lowest BCUT2D eigenvalue weighted by Gasteiger charge is -1.95. The Balaban J connectivity index is 2.08. The second-order valence-electron chi connectivity index (χ2n) is 2.55. The quantitative estimate of drug-likeness (QED) is 0.369. The summed E-state index contributed by atoms with van der Waals surface area (Å²) in [5.41, 5.74) is 0. The molecule has 1 aliphatic carbocycles. The van der Waals surface area contributed by atoms with Gasteiger partial charge in [-0.05, 0) is 18.8 Å². The standard InChI is InChI=1S/C8H11ClO2/c9-5-6-11-8(10)4-3-7-1-2-7/h3-4,7H,1-2,5-6H2. The molecule has 1 fully saturated rings. The van der Waals surface area contributed by atoms with Crippen LogP contribution in [-0.4, -0.2) is 18.5 Å². The van der Waals surface area contributed by atoms with Crippen molar-refractivity contribution in [3.8, 4) is 0 Å². The number of hydrogen-bond donors (Lipinski definition) is 0. The van der Waals surface area contributed by atoms with E-state index in [9.17, 15) is 4.79 Å². The summed E-state index contributed by atoms with van der Waals surface area (Å²) in [6.07, 6.45) is 5.80. The van der Waals surface area contributed by atoms with Crippen molar-refractivity contribution in [3.63, 3.8) is 0 Å². The number of carbonyl (C=O) groups is 1. The number of allylic oxidation sites excluding steroid dienone is 1. The number of alkyl halides is 1. The first-order valence-electron chi connectivity index (χ1n) is 3.74. The summed E-state index contributed by atoms with van der Waals surface area (Å²) in [6.45, 7) is 0.301. The van der Waals surface area contributed by atoms with Crippen LogP contribution in [0.25, 0.3) is 0 Å². The minimum Gasteiger partial charge on any atom is -0.461 e. The molecule has 0 unspecified atom stereocenters. The van der Waals surface area contributed by atoms with E-state index in [1.807, 2.05) is 6.08 Å². The Morgan fingerprint density at radius 3 is 2.91 bits per heavy atom. The third-order valence-corrected chi connectivity index (χ3v) is 1.60. The van der Waals surface area contributed by atoms with E-state index >= 15 is 0 Å². The normalized spacial score (nSPS) is 17.2. The number of hydrogen-bond acceptors (Lipinski definition) is 2. The molecule has 0 aromatic rings. The van der Waals surface area contributed by atoms with Crippen molar-refractivity contribution in [1.29, 1.82) is 0 Å². The van der Waals surface area contributed by atoms with E-state index in [1.54, 1.807) is 0 Å². The highest BCUT2D eigenvalue weighted by molar-refractivity contribution is 6.18. The fourth-order valence-electron chi connectivity index (χ4n) is 0.691. The van der Waals surface area contributed by atoms with E-state index in [1.165, 1.54) is 18.9 Å². The summed E-state index contributed by atoms with van der Waals surface area (Å²) in [7, 11) is 0. The van der Waals surface area contributed by atoms with Crippen LogP contribution in [0.5, 0.6) is 0 Å². The predicted molar refractivity (Wildman–Crippen MR) is 43.5 cm³/mol. The molecule has 0 atom stereocenters. The van der Waals surface area contributed by atoms with Crippen molar-refractivity contribution >= 4 is 17.6 Å². The van der Waals surface area contributed by atoms with E-state index in [2.05, 4.69) is 0 Å². The first kappa shape index (κ1) is 8.60. The summed E-state index contributed by atoms with van der Waals surface area (Å²) < 4.78 is 4.71. The Kier molecular flexibility index (Phi) is 3.43. The second kappa shape index (κ2) is 4.39. The Morgan fingerprint density at radius 2 is 2.36 bits per heavy atom. The van der Waals surface area contributed by atoms with Gasteiger partial charge in [0.25, 0.3) is 0 Å². The van der Waals surface area contributed by atoms with Crippen LogP contribution in [-0.2, 0) is 9.53 Å². The minimum absolute atomic E-state index is 0.280. The van der Waals surface area contributed by atoms with Gasteiger partial charge in [0.05, 0.1) is 5.88 Å². The van der Waals surface area contributed by atoms with Crippen molar-refractivity contribution in [1.82, 2.24) is 0 Å². The molecule has 0 radical (unpaired) electrons. The molecular formula is C8H11ClO2. The molecule has 0 aliphatic heterocycles. The van der Waals surface area contributed by atoms with Gasteiger partial charge >= 0.3 is 5.97 Å². The first-order chi connectivity index (χ1) is 5.33. The zero-order valence-electron chi connectivity index (χ0n) is 6.25. The Hall–Kier alpha value is -0.500. The van der Waals surface area contributed by atoms with E-state index in [0.29, 0.717) is 18.4 Å². The zero-order valence-corrected chi connectivity index (χ0v) is 7.01. The van der Waals surface area contributed by atoms with Crippen molar-refractivity contribution in [2.45, 2.75) is 12.8 Å². The van der Waals surface area contributed by atoms with Gasteiger partial charge in [0.1, 0.15) is 6.61 Å². The summed E-state index contributed by atoms with van der Waals surface area (Å²) in [5.74, 6) is 0.708. The summed E-state index contributed by atoms with van der Waals surface area (Å²) in [4.78, 5) is 10.8. The maximum atomic E-state index is 10.8. The molecule has 11 heavy (non-hydrogen) atoms. The fourth-order valence-corrected chi connectivity index (χ4v) is 0.768. The van der Waals surface area contributed by atoms with Crippen LogP contribution in [0.3, 0.4) is 0 Å². The lowest BCUT2D eigenvalue weighted by molar-refractivity contribution is -0.137. The van der Waals surface area contributed by atoms with Crippen molar-refractivity contribution in [2.75, 3.05) is 12.5 Å². The van der Waals surface area contributed by atoms with Gasteiger partial charge in [0.15, 0.2) is 0 Å². The maximum Gasteiger partial charge on any atom is 0.330 e. The van der Waals surface area contributed by atoms with E-state index in [0.717, 1.165) is 0 Å². The lowest BCUT2D eigenvalue weighted by Crippen LogP contribution is -2.02. The highest BCUT2D eigenvalue weighted by Crippen LogP contribution is 2.29. The van der Waals surface area contributed by atoms with Crippen LogP contribution in [0, 0.1) is 5.92 Å². The van der Waals surface area contributed by atoms with Gasteiger partial charge in [-0.15, -0.1) is 11.6 Å². The average Bonchev–Trinajstić information content (AvgIpc) is 2.80. The molecule has 0 aromatic heterocycles. The molecule has 1 aliphatic rings. The van der Waals surface area contributed by atoms with Crippen LogP contribution in [0.15, 0.2) is 12.2 Å². The van der Waals surface area contributed by atoms with Gasteiger partial charge in [0, 0.05) is 6.08 Å². The number of halogens is 1. The smallest absolute Gasteiger partial charge is 0.330 e. The number of esters is 1. The third kappa shape index (κ3) is 4.04. The monoisotopic (exact) mass is 174 g/mol. The lowest BCUT2D eigenvalue weighted by atomic mass is 10.4. The summed E-state index contributed by atoms with van der Waals surface area (Å²) >= 11 is 5.32. The van der Waals surface area contributed by atoms with Crippen LogP contribution >= 0.6 is 11.6 Å². The van der Waals surface area contributed by atoms with Gasteiger partial charge in [-0.25, -0.2) is 4.79 Å². The minimum atomic E-state index is -0.280. The van der Waals surface area contributed by atoms with Crippen molar-refractivity contribution < 1.29 is 9.53 Å². The number of carbonyl (C=O) groups excluding carboxylic acids is 1. The van der Waals surface area contributed by atoms with E-state index in [-0.39, 0.29) is 5.97 Å². The molecule has 3 heteroatoms.